The fourth-order valence-corrected chi connectivity index (χ4v) is 3.51. The number of carboxylic acid groups (broad SMARTS) is 1. The van der Waals surface area contributed by atoms with E-state index in [0.29, 0.717) is 17.7 Å². The summed E-state index contributed by atoms with van der Waals surface area (Å²) in [6, 6.07) is 1.81. The molecule has 2 rings (SSSR count). The molecule has 124 valence electrons. The molecule has 1 aliphatic rings. The summed E-state index contributed by atoms with van der Waals surface area (Å²) in [6.45, 7) is 5.55. The summed E-state index contributed by atoms with van der Waals surface area (Å²) in [4.78, 5) is 36.1. The topological polar surface area (TPSA) is 98.3 Å². The van der Waals surface area contributed by atoms with E-state index in [1.54, 1.807) is 12.3 Å². The third-order valence-corrected chi connectivity index (χ3v) is 5.29. The van der Waals surface area contributed by atoms with Crippen molar-refractivity contribution in [2.24, 2.45) is 11.8 Å². The van der Waals surface area contributed by atoms with Crippen molar-refractivity contribution in [3.63, 3.8) is 0 Å². The Morgan fingerprint density at radius 3 is 2.22 bits per heavy atom. The predicted molar refractivity (Wildman–Crippen MR) is 84.3 cm³/mol. The van der Waals surface area contributed by atoms with Crippen LogP contribution in [0.2, 0.25) is 0 Å². The Hall–Kier alpha value is -2.15. The molecular weight excluding hydrogens is 316 g/mol. The van der Waals surface area contributed by atoms with Gasteiger partial charge in [-0.05, 0) is 50.6 Å². The van der Waals surface area contributed by atoms with E-state index in [2.05, 4.69) is 10.9 Å². The third-order valence-electron chi connectivity index (χ3n) is 4.27. The molecular formula is C16H19N2O4S-. The molecule has 1 aromatic rings. The van der Waals surface area contributed by atoms with Gasteiger partial charge in [0.05, 0.1) is 10.8 Å². The van der Waals surface area contributed by atoms with Crippen LogP contribution in [0.15, 0.2) is 22.6 Å². The molecule has 1 aromatic heterocycles. The van der Waals surface area contributed by atoms with E-state index in [-0.39, 0.29) is 0 Å². The molecule has 0 aromatic carbocycles. The minimum Gasteiger partial charge on any atom is -0.550 e. The fraction of sp³-hybridized carbons (Fsp3) is 0.438. The van der Waals surface area contributed by atoms with Gasteiger partial charge in [0.15, 0.2) is 0 Å². The van der Waals surface area contributed by atoms with Crippen molar-refractivity contribution >= 4 is 29.1 Å². The Morgan fingerprint density at radius 2 is 1.70 bits per heavy atom. The normalized spacial score (nSPS) is 21.0. The summed E-state index contributed by atoms with van der Waals surface area (Å²) in [5, 5.41) is 13.1. The first-order valence-corrected chi connectivity index (χ1v) is 8.19. The molecule has 0 unspecified atom stereocenters. The molecule has 0 saturated heterocycles. The smallest absolute Gasteiger partial charge is 0.280 e. The fourth-order valence-electron chi connectivity index (χ4n) is 2.69. The van der Waals surface area contributed by atoms with Gasteiger partial charge in [-0.15, -0.1) is 11.3 Å². The monoisotopic (exact) mass is 335 g/mol. The van der Waals surface area contributed by atoms with Gasteiger partial charge in [-0.25, -0.2) is 0 Å². The zero-order valence-corrected chi connectivity index (χ0v) is 14.1. The van der Waals surface area contributed by atoms with E-state index in [4.69, 9.17) is 0 Å². The van der Waals surface area contributed by atoms with Gasteiger partial charge in [-0.1, -0.05) is 11.1 Å². The zero-order valence-electron chi connectivity index (χ0n) is 13.3. The molecule has 0 fully saturated rings. The number of thiophene rings is 1. The number of rotatable bonds is 3. The maximum atomic E-state index is 12.3. The van der Waals surface area contributed by atoms with Crippen molar-refractivity contribution < 1.29 is 19.5 Å². The van der Waals surface area contributed by atoms with E-state index in [0.717, 1.165) is 16.7 Å². The molecule has 6 nitrogen and oxygen atoms in total. The molecule has 2 N–H and O–H groups in total. The molecule has 0 saturated carbocycles. The van der Waals surface area contributed by atoms with Crippen LogP contribution in [0.1, 0.15) is 41.9 Å². The lowest BCUT2D eigenvalue weighted by atomic mass is 9.76. The number of hydrogen-bond donors (Lipinski definition) is 2. The second kappa shape index (κ2) is 6.95. The average Bonchev–Trinajstić information content (AvgIpc) is 2.92. The van der Waals surface area contributed by atoms with Crippen molar-refractivity contribution in [1.82, 2.24) is 10.9 Å². The molecule has 0 aliphatic heterocycles. The summed E-state index contributed by atoms with van der Waals surface area (Å²) in [7, 11) is 0. The van der Waals surface area contributed by atoms with Crippen LogP contribution in [0.5, 0.6) is 0 Å². The van der Waals surface area contributed by atoms with Crippen LogP contribution in [0.3, 0.4) is 0 Å². The van der Waals surface area contributed by atoms with Gasteiger partial charge in [-0.3, -0.25) is 20.4 Å². The molecule has 2 atom stereocenters. The molecule has 0 radical (unpaired) electrons. The molecule has 1 heterocycles. The number of carboxylic acids is 1. The van der Waals surface area contributed by atoms with Crippen molar-refractivity contribution in [1.29, 1.82) is 0 Å². The number of aryl methyl sites for hydroxylation is 1. The average molecular weight is 335 g/mol. The van der Waals surface area contributed by atoms with Gasteiger partial charge in [0.2, 0.25) is 5.91 Å². The second-order valence-electron chi connectivity index (χ2n) is 5.88. The van der Waals surface area contributed by atoms with Gasteiger partial charge in [0, 0.05) is 11.9 Å². The SMILES string of the molecule is CC1=C(C)C[C@@H](C(=O)NNC(=O)c2sccc2C)[C@@H](C(=O)[O-])C1. The standard InChI is InChI=1S/C16H20N2O4S/c1-8-4-5-23-13(8)15(20)18-17-14(19)11-6-9(2)10(3)7-12(11)16(21)22/h4-5,11-12H,6-7H2,1-3H3,(H,17,19)(H,18,20)(H,21,22)/p-1/t11-,12+/m1/s1. The zero-order chi connectivity index (χ0) is 17.1. The van der Waals surface area contributed by atoms with Gasteiger partial charge in [0.1, 0.15) is 0 Å². The first-order chi connectivity index (χ1) is 10.8. The highest BCUT2D eigenvalue weighted by atomic mass is 32.1. The predicted octanol–water partition coefficient (Wildman–Crippen LogP) is 0.930. The molecule has 23 heavy (non-hydrogen) atoms. The molecule has 0 bridgehead atoms. The Kier molecular flexibility index (Phi) is 5.20. The van der Waals surface area contributed by atoms with Crippen LogP contribution in [0.4, 0.5) is 0 Å². The van der Waals surface area contributed by atoms with Crippen molar-refractivity contribution in [3.05, 3.63) is 33.0 Å². The number of aliphatic carboxylic acids is 1. The molecule has 2 amide bonds. The summed E-state index contributed by atoms with van der Waals surface area (Å²) >= 11 is 1.28. The number of hydrazine groups is 1. The summed E-state index contributed by atoms with van der Waals surface area (Å²) in [6.07, 6.45) is 0.647. The van der Waals surface area contributed by atoms with Crippen molar-refractivity contribution in [2.45, 2.75) is 33.6 Å². The Labute approximate surface area is 138 Å². The summed E-state index contributed by atoms with van der Waals surface area (Å²) in [5.41, 5.74) is 7.49. The number of hydrogen-bond acceptors (Lipinski definition) is 5. The van der Waals surface area contributed by atoms with Crippen LogP contribution >= 0.6 is 11.3 Å². The maximum Gasteiger partial charge on any atom is 0.280 e. The van der Waals surface area contributed by atoms with Crippen molar-refractivity contribution in [2.75, 3.05) is 0 Å². The summed E-state index contributed by atoms with van der Waals surface area (Å²) in [5.74, 6) is -3.77. The highest BCUT2D eigenvalue weighted by Gasteiger charge is 2.33. The minimum atomic E-state index is -1.24. The van der Waals surface area contributed by atoms with Gasteiger partial charge >= 0.3 is 0 Å². The number of carbonyl (C=O) groups is 3. The highest BCUT2D eigenvalue weighted by molar-refractivity contribution is 7.12. The lowest BCUT2D eigenvalue weighted by molar-refractivity contribution is -0.313. The maximum absolute atomic E-state index is 12.3. The van der Waals surface area contributed by atoms with E-state index < -0.39 is 29.6 Å². The quantitative estimate of drug-likeness (QED) is 0.634. The lowest BCUT2D eigenvalue weighted by Crippen LogP contribution is -2.49. The Morgan fingerprint density at radius 1 is 1.09 bits per heavy atom. The van der Waals surface area contributed by atoms with Crippen LogP contribution in [-0.4, -0.2) is 17.8 Å². The van der Waals surface area contributed by atoms with Crippen molar-refractivity contribution in [3.8, 4) is 0 Å². The molecule has 0 spiro atoms. The largest absolute Gasteiger partial charge is 0.550 e. The van der Waals surface area contributed by atoms with Gasteiger partial charge < -0.3 is 9.90 Å². The number of nitrogens with one attached hydrogen (secondary N) is 2. The Balaban J connectivity index is 2.03. The van der Waals surface area contributed by atoms with Gasteiger partial charge in [-0.2, -0.15) is 0 Å². The van der Waals surface area contributed by atoms with Crippen LogP contribution < -0.4 is 16.0 Å². The number of allylic oxidation sites excluding steroid dienone is 2. The van der Waals surface area contributed by atoms with Crippen LogP contribution in [0, 0.1) is 18.8 Å². The number of carbonyl (C=O) groups excluding carboxylic acids is 3. The van der Waals surface area contributed by atoms with Crippen LogP contribution in [-0.2, 0) is 9.59 Å². The minimum absolute atomic E-state index is 0.296. The van der Waals surface area contributed by atoms with E-state index in [9.17, 15) is 19.5 Å². The molecule has 7 heteroatoms. The summed E-state index contributed by atoms with van der Waals surface area (Å²) < 4.78 is 0. The first kappa shape index (κ1) is 17.2. The van der Waals surface area contributed by atoms with Gasteiger partial charge in [0.25, 0.3) is 5.91 Å². The molecule has 1 aliphatic carbocycles. The van der Waals surface area contributed by atoms with E-state index in [1.807, 2.05) is 19.9 Å². The first-order valence-electron chi connectivity index (χ1n) is 7.31. The number of amides is 2. The highest BCUT2D eigenvalue weighted by Crippen LogP contribution is 2.33. The van der Waals surface area contributed by atoms with E-state index in [1.165, 1.54) is 11.3 Å². The Bertz CT molecular complexity index is 677. The third kappa shape index (κ3) is 3.79. The second-order valence-corrected chi connectivity index (χ2v) is 6.79. The lowest BCUT2D eigenvalue weighted by Gasteiger charge is -2.32. The van der Waals surface area contributed by atoms with E-state index >= 15 is 0 Å². The van der Waals surface area contributed by atoms with Crippen LogP contribution in [0.25, 0.3) is 0 Å².